The second-order valence-electron chi connectivity index (χ2n) is 7.10. The highest BCUT2D eigenvalue weighted by atomic mass is 16.1. The lowest BCUT2D eigenvalue weighted by atomic mass is 9.99. The number of hydrogen-bond donors (Lipinski definition) is 4. The maximum absolute atomic E-state index is 12.7. The zero-order chi connectivity index (χ0) is 21.0. The maximum atomic E-state index is 12.7. The Morgan fingerprint density at radius 2 is 2.03 bits per heavy atom. The highest BCUT2D eigenvalue weighted by molar-refractivity contribution is 6.12. The van der Waals surface area contributed by atoms with E-state index in [1.165, 1.54) is 11.8 Å². The van der Waals surface area contributed by atoms with Gasteiger partial charge in [-0.05, 0) is 75.2 Å². The summed E-state index contributed by atoms with van der Waals surface area (Å²) in [4.78, 5) is 16.9. The number of carbonyl (C=O) groups is 1. The van der Waals surface area contributed by atoms with E-state index in [2.05, 4.69) is 21.7 Å². The minimum absolute atomic E-state index is 0.270. The summed E-state index contributed by atoms with van der Waals surface area (Å²) in [5.74, 6) is -0.367. The monoisotopic (exact) mass is 388 g/mol. The molecule has 148 valence electrons. The highest BCUT2D eigenvalue weighted by Gasteiger charge is 2.16. The van der Waals surface area contributed by atoms with Crippen LogP contribution in [-0.2, 0) is 0 Å². The quantitative estimate of drug-likeness (QED) is 0.473. The first-order valence-corrected chi connectivity index (χ1v) is 9.47. The van der Waals surface area contributed by atoms with Gasteiger partial charge in [0.1, 0.15) is 11.8 Å². The zero-order valence-electron chi connectivity index (χ0n) is 16.6. The van der Waals surface area contributed by atoms with Gasteiger partial charge < -0.3 is 21.8 Å². The molecule has 0 saturated carbocycles. The van der Waals surface area contributed by atoms with E-state index in [1.807, 2.05) is 6.08 Å². The van der Waals surface area contributed by atoms with E-state index in [0.29, 0.717) is 33.8 Å². The van der Waals surface area contributed by atoms with Gasteiger partial charge in [0.05, 0.1) is 11.3 Å². The molecule has 1 fully saturated rings. The predicted molar refractivity (Wildman–Crippen MR) is 114 cm³/mol. The molecule has 2 aromatic rings. The van der Waals surface area contributed by atoms with E-state index in [4.69, 9.17) is 16.4 Å². The van der Waals surface area contributed by atoms with Gasteiger partial charge >= 0.3 is 0 Å². The summed E-state index contributed by atoms with van der Waals surface area (Å²) in [5, 5.41) is 23.6. The third-order valence-electron chi connectivity index (χ3n) is 5.18. The van der Waals surface area contributed by atoms with Crippen molar-refractivity contribution in [1.82, 2.24) is 10.3 Å². The van der Waals surface area contributed by atoms with Crippen LogP contribution in [0.5, 0.6) is 0 Å². The summed E-state index contributed by atoms with van der Waals surface area (Å²) in [7, 11) is 0. The Morgan fingerprint density at radius 3 is 2.72 bits per heavy atom. The SMILES string of the molecule is Cc1c(C#N)cnc(C(=O)Nc2ccc(N)c(C(=N)C=C3CCNCC3)c2)c1C. The average molecular weight is 388 g/mol. The van der Waals surface area contributed by atoms with Gasteiger partial charge in [0.15, 0.2) is 0 Å². The molecule has 5 N–H and O–H groups in total. The molecule has 3 rings (SSSR count). The lowest BCUT2D eigenvalue weighted by Crippen LogP contribution is -2.23. The lowest BCUT2D eigenvalue weighted by molar-refractivity contribution is 0.102. The first kappa shape index (κ1) is 20.2. The number of nitrogen functional groups attached to an aromatic ring is 1. The molecule has 2 heterocycles. The van der Waals surface area contributed by atoms with Crippen LogP contribution in [0.3, 0.4) is 0 Å². The Hall–Kier alpha value is -3.50. The summed E-state index contributed by atoms with van der Waals surface area (Å²) in [6.07, 6.45) is 5.11. The fourth-order valence-electron chi connectivity index (χ4n) is 3.28. The van der Waals surface area contributed by atoms with Gasteiger partial charge in [-0.2, -0.15) is 5.26 Å². The molecular weight excluding hydrogens is 364 g/mol. The van der Waals surface area contributed by atoms with Crippen molar-refractivity contribution in [2.24, 2.45) is 0 Å². The summed E-state index contributed by atoms with van der Waals surface area (Å²) >= 11 is 0. The number of hydrogen-bond acceptors (Lipinski definition) is 6. The third kappa shape index (κ3) is 4.50. The molecule has 1 aliphatic rings. The topological polar surface area (TPSA) is 128 Å². The molecule has 7 heteroatoms. The van der Waals surface area contributed by atoms with Crippen LogP contribution in [0.15, 0.2) is 36.0 Å². The van der Waals surface area contributed by atoms with Crippen molar-refractivity contribution in [3.05, 3.63) is 64.0 Å². The Labute approximate surface area is 170 Å². The molecule has 29 heavy (non-hydrogen) atoms. The van der Waals surface area contributed by atoms with Crippen LogP contribution in [-0.4, -0.2) is 29.7 Å². The third-order valence-corrected chi connectivity index (χ3v) is 5.18. The number of rotatable bonds is 4. The molecule has 1 aromatic heterocycles. The number of nitrogens with one attached hydrogen (secondary N) is 3. The van der Waals surface area contributed by atoms with E-state index in [0.717, 1.165) is 31.5 Å². The maximum Gasteiger partial charge on any atom is 0.274 e. The molecule has 1 aromatic carbocycles. The molecule has 0 spiro atoms. The second-order valence-corrected chi connectivity index (χ2v) is 7.10. The smallest absolute Gasteiger partial charge is 0.274 e. The van der Waals surface area contributed by atoms with Crippen molar-refractivity contribution in [3.63, 3.8) is 0 Å². The summed E-state index contributed by atoms with van der Waals surface area (Å²) in [6, 6.07) is 7.17. The number of anilines is 2. The number of pyridine rings is 1. The van der Waals surface area contributed by atoms with E-state index in [9.17, 15) is 4.79 Å². The minimum atomic E-state index is -0.367. The average Bonchev–Trinajstić information content (AvgIpc) is 2.72. The number of nitrogens with two attached hydrogens (primary N) is 1. The van der Waals surface area contributed by atoms with Crippen LogP contribution in [0.1, 0.15) is 45.6 Å². The van der Waals surface area contributed by atoms with E-state index in [1.54, 1.807) is 32.0 Å². The van der Waals surface area contributed by atoms with Crippen molar-refractivity contribution in [2.75, 3.05) is 24.1 Å². The molecule has 1 saturated heterocycles. The number of carbonyl (C=O) groups excluding carboxylic acids is 1. The Morgan fingerprint density at radius 1 is 1.31 bits per heavy atom. The van der Waals surface area contributed by atoms with Crippen LogP contribution in [0, 0.1) is 30.6 Å². The number of benzene rings is 1. The minimum Gasteiger partial charge on any atom is -0.398 e. The number of nitrogens with zero attached hydrogens (tertiary/aromatic N) is 2. The van der Waals surface area contributed by atoms with Gasteiger partial charge in [0.2, 0.25) is 0 Å². The van der Waals surface area contributed by atoms with Gasteiger partial charge in [-0.25, -0.2) is 4.98 Å². The molecule has 0 atom stereocenters. The van der Waals surface area contributed by atoms with Crippen molar-refractivity contribution in [1.29, 1.82) is 10.7 Å². The largest absolute Gasteiger partial charge is 0.398 e. The summed E-state index contributed by atoms with van der Waals surface area (Å²) < 4.78 is 0. The first-order valence-electron chi connectivity index (χ1n) is 9.47. The number of amides is 1. The van der Waals surface area contributed by atoms with Gasteiger partial charge in [-0.1, -0.05) is 5.57 Å². The van der Waals surface area contributed by atoms with Crippen LogP contribution < -0.4 is 16.4 Å². The molecule has 7 nitrogen and oxygen atoms in total. The van der Waals surface area contributed by atoms with E-state index < -0.39 is 0 Å². The van der Waals surface area contributed by atoms with E-state index in [-0.39, 0.29) is 11.6 Å². The van der Waals surface area contributed by atoms with Gasteiger partial charge in [-0.15, -0.1) is 0 Å². The Balaban J connectivity index is 1.83. The number of piperidine rings is 1. The highest BCUT2D eigenvalue weighted by Crippen LogP contribution is 2.22. The first-order chi connectivity index (χ1) is 13.9. The fourth-order valence-corrected chi connectivity index (χ4v) is 3.28. The van der Waals surface area contributed by atoms with E-state index >= 15 is 0 Å². The van der Waals surface area contributed by atoms with Crippen LogP contribution >= 0.6 is 0 Å². The zero-order valence-corrected chi connectivity index (χ0v) is 16.6. The van der Waals surface area contributed by atoms with Crippen LogP contribution in [0.4, 0.5) is 11.4 Å². The number of nitriles is 1. The standard InChI is InChI=1S/C22H24N6O/c1-13-14(2)21(27-12-16(13)11-23)22(29)28-17-3-4-19(24)18(10-17)20(25)9-15-5-7-26-8-6-15/h3-4,9-10,12,25-26H,5-8,24H2,1-2H3,(H,28,29). The van der Waals surface area contributed by atoms with Crippen molar-refractivity contribution in [2.45, 2.75) is 26.7 Å². The van der Waals surface area contributed by atoms with Crippen molar-refractivity contribution < 1.29 is 4.79 Å². The predicted octanol–water partition coefficient (Wildman–Crippen LogP) is 3.08. The molecule has 0 unspecified atom stereocenters. The molecule has 1 aliphatic heterocycles. The second kappa shape index (κ2) is 8.67. The molecule has 1 amide bonds. The van der Waals surface area contributed by atoms with Crippen molar-refractivity contribution >= 4 is 23.0 Å². The molecule has 0 bridgehead atoms. The summed E-state index contributed by atoms with van der Waals surface area (Å²) in [6.45, 7) is 5.40. The van der Waals surface area contributed by atoms with Gasteiger partial charge in [0, 0.05) is 23.1 Å². The molecule has 0 aliphatic carbocycles. The van der Waals surface area contributed by atoms with Crippen LogP contribution in [0.2, 0.25) is 0 Å². The number of aromatic nitrogens is 1. The lowest BCUT2D eigenvalue weighted by Gasteiger charge is -2.16. The summed E-state index contributed by atoms with van der Waals surface area (Å²) in [5.41, 5.74) is 11.4. The number of allylic oxidation sites excluding steroid dienone is 1. The van der Waals surface area contributed by atoms with Gasteiger partial charge in [0.25, 0.3) is 5.91 Å². The Kier molecular flexibility index (Phi) is 6.05. The fraction of sp³-hybridized carbons (Fsp3) is 0.273. The van der Waals surface area contributed by atoms with Crippen LogP contribution in [0.25, 0.3) is 0 Å². The normalized spacial score (nSPS) is 13.5. The van der Waals surface area contributed by atoms with Gasteiger partial charge in [-0.3, -0.25) is 4.79 Å². The Bertz CT molecular complexity index is 1040. The van der Waals surface area contributed by atoms with Crippen molar-refractivity contribution in [3.8, 4) is 6.07 Å². The molecule has 0 radical (unpaired) electrons. The molecular formula is C22H24N6O.